The molecule has 0 bridgehead atoms. The Labute approximate surface area is 116 Å². The molecule has 0 N–H and O–H groups in total. The van der Waals surface area contributed by atoms with E-state index < -0.39 is 6.10 Å². The molecule has 0 radical (unpaired) electrons. The molecule has 1 aliphatic rings. The van der Waals surface area contributed by atoms with Gasteiger partial charge in [0.05, 0.1) is 24.9 Å². The number of nitrogens with zero attached hydrogens (tertiary/aromatic N) is 1. The third-order valence-corrected chi connectivity index (χ3v) is 3.03. The minimum atomic E-state index is -0.429. The van der Waals surface area contributed by atoms with E-state index in [4.69, 9.17) is 14.2 Å². The van der Waals surface area contributed by atoms with Crippen molar-refractivity contribution in [1.29, 1.82) is 0 Å². The van der Waals surface area contributed by atoms with Crippen molar-refractivity contribution in [3.8, 4) is 0 Å². The van der Waals surface area contributed by atoms with E-state index in [0.717, 1.165) is 0 Å². The minimum Gasteiger partial charge on any atom is -0.379 e. The summed E-state index contributed by atoms with van der Waals surface area (Å²) in [5.74, 6) is 0.0275. The molecule has 1 fully saturated rings. The highest BCUT2D eigenvalue weighted by molar-refractivity contribution is 5.80. The van der Waals surface area contributed by atoms with Crippen LogP contribution < -0.4 is 0 Å². The Hall–Kier alpha value is -0.650. The molecule has 112 valence electrons. The maximum atomic E-state index is 12.3. The molecular weight excluding hydrogens is 246 g/mol. The first kappa shape index (κ1) is 16.4. The smallest absolute Gasteiger partial charge is 0.251 e. The van der Waals surface area contributed by atoms with Gasteiger partial charge < -0.3 is 19.1 Å². The Morgan fingerprint density at radius 1 is 1.47 bits per heavy atom. The number of carbonyl (C=O) groups excluding carboxylic acids is 1. The van der Waals surface area contributed by atoms with Gasteiger partial charge in [0.1, 0.15) is 6.10 Å². The highest BCUT2D eigenvalue weighted by Crippen LogP contribution is 2.21. The fourth-order valence-electron chi connectivity index (χ4n) is 2.38. The Balaban J connectivity index is 2.42. The van der Waals surface area contributed by atoms with E-state index in [1.807, 2.05) is 32.6 Å². The molecule has 1 rings (SSSR count). The number of rotatable bonds is 6. The van der Waals surface area contributed by atoms with E-state index in [2.05, 4.69) is 0 Å². The lowest BCUT2D eigenvalue weighted by molar-refractivity contribution is -0.167. The fraction of sp³-hybridized carbons (Fsp3) is 0.929. The zero-order valence-corrected chi connectivity index (χ0v) is 12.8. The van der Waals surface area contributed by atoms with Crippen molar-refractivity contribution < 1.29 is 19.0 Å². The van der Waals surface area contributed by atoms with Crippen LogP contribution in [0.3, 0.4) is 0 Å². The van der Waals surface area contributed by atoms with Crippen LogP contribution in [0.25, 0.3) is 0 Å². The zero-order chi connectivity index (χ0) is 14.5. The molecule has 5 nitrogen and oxygen atoms in total. The standard InChI is InChI=1S/C14H27NO4/c1-6-17-7-8-18-12(3)13(16)15-9-11(2)19-14(4,5)10-15/h11-12H,6-10H2,1-5H3/t11-,12-/m1/s1. The van der Waals surface area contributed by atoms with Gasteiger partial charge in [0.25, 0.3) is 5.91 Å². The SMILES string of the molecule is CCOCCO[C@H](C)C(=O)N1C[C@@H](C)OC(C)(C)C1. The van der Waals surface area contributed by atoms with Gasteiger partial charge in [0.15, 0.2) is 0 Å². The number of morpholine rings is 1. The second-order valence-corrected chi connectivity index (χ2v) is 5.62. The van der Waals surface area contributed by atoms with Crippen LogP contribution in [0.2, 0.25) is 0 Å². The average Bonchev–Trinajstić information content (AvgIpc) is 2.31. The normalized spacial score (nSPS) is 24.3. The van der Waals surface area contributed by atoms with Crippen molar-refractivity contribution in [1.82, 2.24) is 4.90 Å². The Morgan fingerprint density at radius 2 is 2.16 bits per heavy atom. The van der Waals surface area contributed by atoms with Crippen LogP contribution in [0, 0.1) is 0 Å². The number of hydrogen-bond acceptors (Lipinski definition) is 4. The summed E-state index contributed by atoms with van der Waals surface area (Å²) in [5.41, 5.74) is -0.293. The van der Waals surface area contributed by atoms with E-state index in [1.165, 1.54) is 0 Å². The Morgan fingerprint density at radius 3 is 2.74 bits per heavy atom. The van der Waals surface area contributed by atoms with Gasteiger partial charge in [0, 0.05) is 19.7 Å². The van der Waals surface area contributed by atoms with Crippen molar-refractivity contribution in [2.24, 2.45) is 0 Å². The maximum absolute atomic E-state index is 12.3. The fourth-order valence-corrected chi connectivity index (χ4v) is 2.38. The third-order valence-electron chi connectivity index (χ3n) is 3.03. The molecule has 0 aromatic rings. The summed E-state index contributed by atoms with van der Waals surface area (Å²) >= 11 is 0. The van der Waals surface area contributed by atoms with Crippen LogP contribution in [0.1, 0.15) is 34.6 Å². The number of amides is 1. The van der Waals surface area contributed by atoms with Crippen molar-refractivity contribution in [3.63, 3.8) is 0 Å². The quantitative estimate of drug-likeness (QED) is 0.687. The lowest BCUT2D eigenvalue weighted by Crippen LogP contribution is -2.55. The van der Waals surface area contributed by atoms with Crippen molar-refractivity contribution in [3.05, 3.63) is 0 Å². The molecule has 0 saturated carbocycles. The Bertz CT molecular complexity index is 293. The number of ether oxygens (including phenoxy) is 3. The van der Waals surface area contributed by atoms with Crippen LogP contribution in [-0.2, 0) is 19.0 Å². The summed E-state index contributed by atoms with van der Waals surface area (Å²) in [7, 11) is 0. The Kier molecular flexibility index (Phi) is 6.23. The highest BCUT2D eigenvalue weighted by Gasteiger charge is 2.35. The largest absolute Gasteiger partial charge is 0.379 e. The molecule has 2 atom stereocenters. The average molecular weight is 273 g/mol. The van der Waals surface area contributed by atoms with Gasteiger partial charge in [-0.05, 0) is 34.6 Å². The molecular formula is C14H27NO4. The number of carbonyl (C=O) groups is 1. The molecule has 1 aliphatic heterocycles. The van der Waals surface area contributed by atoms with Crippen molar-refractivity contribution >= 4 is 5.91 Å². The summed E-state index contributed by atoms with van der Waals surface area (Å²) in [5, 5.41) is 0. The molecule has 0 aromatic heterocycles. The molecule has 1 saturated heterocycles. The van der Waals surface area contributed by atoms with Crippen LogP contribution in [0.4, 0.5) is 0 Å². The van der Waals surface area contributed by atoms with Crippen LogP contribution in [-0.4, -0.2) is 61.5 Å². The molecule has 5 heteroatoms. The van der Waals surface area contributed by atoms with Crippen LogP contribution >= 0.6 is 0 Å². The monoisotopic (exact) mass is 273 g/mol. The summed E-state index contributed by atoms with van der Waals surface area (Å²) in [4.78, 5) is 14.1. The lowest BCUT2D eigenvalue weighted by atomic mass is 10.1. The van der Waals surface area contributed by atoms with Gasteiger partial charge in [-0.2, -0.15) is 0 Å². The molecule has 19 heavy (non-hydrogen) atoms. The van der Waals surface area contributed by atoms with E-state index in [-0.39, 0.29) is 17.6 Å². The summed E-state index contributed by atoms with van der Waals surface area (Å²) in [6.07, 6.45) is -0.370. The van der Waals surface area contributed by atoms with Crippen LogP contribution in [0.5, 0.6) is 0 Å². The molecule has 1 heterocycles. The molecule has 0 spiro atoms. The predicted molar refractivity (Wildman–Crippen MR) is 73.1 cm³/mol. The van der Waals surface area contributed by atoms with E-state index in [9.17, 15) is 4.79 Å². The van der Waals surface area contributed by atoms with E-state index in [0.29, 0.717) is 32.9 Å². The first-order valence-corrected chi connectivity index (χ1v) is 7.01. The van der Waals surface area contributed by atoms with Crippen molar-refractivity contribution in [2.75, 3.05) is 32.9 Å². The molecule has 0 aromatic carbocycles. The first-order valence-electron chi connectivity index (χ1n) is 7.01. The van der Waals surface area contributed by atoms with Gasteiger partial charge in [-0.15, -0.1) is 0 Å². The van der Waals surface area contributed by atoms with E-state index >= 15 is 0 Å². The van der Waals surface area contributed by atoms with Crippen molar-refractivity contribution in [2.45, 2.75) is 52.4 Å². The van der Waals surface area contributed by atoms with Gasteiger partial charge in [0.2, 0.25) is 0 Å². The van der Waals surface area contributed by atoms with Gasteiger partial charge in [-0.3, -0.25) is 4.79 Å². The second kappa shape index (κ2) is 7.22. The molecule has 0 aliphatic carbocycles. The van der Waals surface area contributed by atoms with Gasteiger partial charge in [-0.25, -0.2) is 0 Å². The minimum absolute atomic E-state index is 0.0275. The highest BCUT2D eigenvalue weighted by atomic mass is 16.5. The molecule has 0 unspecified atom stereocenters. The van der Waals surface area contributed by atoms with Crippen LogP contribution in [0.15, 0.2) is 0 Å². The summed E-state index contributed by atoms with van der Waals surface area (Å²) < 4.78 is 16.5. The number of hydrogen-bond donors (Lipinski definition) is 0. The summed E-state index contributed by atoms with van der Waals surface area (Å²) in [6.45, 7) is 12.6. The predicted octanol–water partition coefficient (Wildman–Crippen LogP) is 1.45. The lowest BCUT2D eigenvalue weighted by Gasteiger charge is -2.42. The first-order chi connectivity index (χ1) is 8.85. The zero-order valence-electron chi connectivity index (χ0n) is 12.8. The van der Waals surface area contributed by atoms with Gasteiger partial charge >= 0.3 is 0 Å². The topological polar surface area (TPSA) is 48.0 Å². The van der Waals surface area contributed by atoms with Gasteiger partial charge in [-0.1, -0.05) is 0 Å². The maximum Gasteiger partial charge on any atom is 0.251 e. The molecule has 1 amide bonds. The summed E-state index contributed by atoms with van der Waals surface area (Å²) in [6, 6.07) is 0. The third kappa shape index (κ3) is 5.47. The second-order valence-electron chi connectivity index (χ2n) is 5.62. The van der Waals surface area contributed by atoms with E-state index in [1.54, 1.807) is 6.92 Å².